The Balaban J connectivity index is 1.67. The summed E-state index contributed by atoms with van der Waals surface area (Å²) >= 11 is 1.51. The molecular weight excluding hydrogens is 389 g/mol. The van der Waals surface area contributed by atoms with E-state index in [2.05, 4.69) is 19.1 Å². The zero-order valence-corrected chi connectivity index (χ0v) is 17.5. The van der Waals surface area contributed by atoms with E-state index in [4.69, 9.17) is 9.72 Å². The number of morpholine rings is 1. The molecule has 0 radical (unpaired) electrons. The smallest absolute Gasteiger partial charge is 0.260 e. The molecule has 0 spiro atoms. The van der Waals surface area contributed by atoms with Gasteiger partial charge in [-0.25, -0.2) is 9.37 Å². The van der Waals surface area contributed by atoms with Crippen LogP contribution < -0.4 is 9.80 Å². The van der Waals surface area contributed by atoms with Gasteiger partial charge < -0.3 is 9.64 Å². The minimum absolute atomic E-state index is 0.217. The Morgan fingerprint density at radius 1 is 1.24 bits per heavy atom. The number of fused-ring (bicyclic) bond motifs is 1. The number of carbonyl (C=O) groups is 1. The molecule has 5 nitrogen and oxygen atoms in total. The molecule has 4 rings (SSSR count). The normalized spacial score (nSPS) is 15.0. The summed E-state index contributed by atoms with van der Waals surface area (Å²) in [5, 5.41) is 0.663. The molecule has 2 heterocycles. The Bertz CT molecular complexity index is 1030. The highest BCUT2D eigenvalue weighted by atomic mass is 32.1. The zero-order valence-electron chi connectivity index (χ0n) is 16.7. The number of nitrogens with one attached hydrogen (secondary N) is 1. The number of quaternary nitrogens is 1. The van der Waals surface area contributed by atoms with Crippen LogP contribution in [0.4, 0.5) is 9.52 Å². The predicted molar refractivity (Wildman–Crippen MR) is 114 cm³/mol. The molecule has 29 heavy (non-hydrogen) atoms. The molecule has 1 aliphatic heterocycles. The largest absolute Gasteiger partial charge is 0.370 e. The first kappa shape index (κ1) is 19.9. The van der Waals surface area contributed by atoms with E-state index in [1.54, 1.807) is 17.0 Å². The lowest BCUT2D eigenvalue weighted by Gasteiger charge is -2.27. The molecule has 1 N–H and O–H groups in total. The highest BCUT2D eigenvalue weighted by molar-refractivity contribution is 7.22. The average molecular weight is 415 g/mol. The maximum atomic E-state index is 13.7. The van der Waals surface area contributed by atoms with Gasteiger partial charge in [0, 0.05) is 5.56 Å². The summed E-state index contributed by atoms with van der Waals surface area (Å²) in [5.41, 5.74) is 3.53. The summed E-state index contributed by atoms with van der Waals surface area (Å²) in [6.07, 6.45) is 0. The second-order valence-corrected chi connectivity index (χ2v) is 8.51. The fourth-order valence-corrected chi connectivity index (χ4v) is 4.88. The Morgan fingerprint density at radius 2 is 2.03 bits per heavy atom. The van der Waals surface area contributed by atoms with Crippen molar-refractivity contribution in [3.05, 3.63) is 58.9 Å². The van der Waals surface area contributed by atoms with E-state index in [0.29, 0.717) is 17.2 Å². The van der Waals surface area contributed by atoms with E-state index in [1.807, 2.05) is 6.92 Å². The predicted octanol–water partition coefficient (Wildman–Crippen LogP) is 2.61. The van der Waals surface area contributed by atoms with Crippen LogP contribution in [0.5, 0.6) is 0 Å². The molecule has 3 aromatic rings. The molecule has 1 aromatic heterocycles. The molecule has 0 bridgehead atoms. The molecule has 2 aromatic carbocycles. The van der Waals surface area contributed by atoms with Gasteiger partial charge in [-0.3, -0.25) is 9.69 Å². The first-order chi connectivity index (χ1) is 14.0. The summed E-state index contributed by atoms with van der Waals surface area (Å²) in [6, 6.07) is 10.1. The van der Waals surface area contributed by atoms with Gasteiger partial charge in [0.1, 0.15) is 18.9 Å². The number of nitrogens with zero attached hydrogens (tertiary/aromatic N) is 2. The van der Waals surface area contributed by atoms with Gasteiger partial charge in [0.25, 0.3) is 5.91 Å². The molecule has 1 aliphatic rings. The van der Waals surface area contributed by atoms with E-state index in [1.165, 1.54) is 33.9 Å². The van der Waals surface area contributed by atoms with Crippen LogP contribution in [0.3, 0.4) is 0 Å². The van der Waals surface area contributed by atoms with Crippen molar-refractivity contribution in [1.29, 1.82) is 0 Å². The fourth-order valence-electron chi connectivity index (χ4n) is 3.72. The van der Waals surface area contributed by atoms with Crippen molar-refractivity contribution >= 4 is 32.6 Å². The van der Waals surface area contributed by atoms with Crippen molar-refractivity contribution in [1.82, 2.24) is 4.98 Å². The number of anilines is 1. The standard InChI is InChI=1S/C22H24FN3O2S/c1-15-12-16(2)20-19(13-15)29-22(24-20)26(7-6-25-8-10-28-11-9-25)21(27)17-4-3-5-18(23)14-17/h3-5,12-14H,6-11H2,1-2H3/p+1. The average Bonchev–Trinajstić information content (AvgIpc) is 3.13. The first-order valence-corrected chi connectivity index (χ1v) is 10.7. The molecule has 0 saturated carbocycles. The maximum absolute atomic E-state index is 13.7. The number of hydrogen-bond donors (Lipinski definition) is 1. The van der Waals surface area contributed by atoms with Crippen LogP contribution in [0.15, 0.2) is 36.4 Å². The fraction of sp³-hybridized carbons (Fsp3) is 0.364. The molecule has 7 heteroatoms. The van der Waals surface area contributed by atoms with Gasteiger partial charge in [-0.1, -0.05) is 23.5 Å². The second kappa shape index (κ2) is 8.57. The highest BCUT2D eigenvalue weighted by Crippen LogP contribution is 2.32. The Morgan fingerprint density at radius 3 is 2.79 bits per heavy atom. The number of carbonyl (C=O) groups excluding carboxylic acids is 1. The number of halogens is 1. The van der Waals surface area contributed by atoms with E-state index in [9.17, 15) is 9.18 Å². The lowest BCUT2D eigenvalue weighted by molar-refractivity contribution is -0.906. The Labute approximate surface area is 173 Å². The van der Waals surface area contributed by atoms with E-state index in [0.717, 1.165) is 48.6 Å². The van der Waals surface area contributed by atoms with Crippen molar-refractivity contribution in [2.75, 3.05) is 44.3 Å². The van der Waals surface area contributed by atoms with Gasteiger partial charge in [0.15, 0.2) is 5.13 Å². The van der Waals surface area contributed by atoms with E-state index in [-0.39, 0.29) is 5.91 Å². The van der Waals surface area contributed by atoms with Gasteiger partial charge in [0.2, 0.25) is 0 Å². The molecular formula is C22H25FN3O2S+. The summed E-state index contributed by atoms with van der Waals surface area (Å²) < 4.78 is 20.2. The Hall–Kier alpha value is -2.35. The third-order valence-electron chi connectivity index (χ3n) is 5.26. The molecule has 152 valence electrons. The van der Waals surface area contributed by atoms with E-state index < -0.39 is 5.82 Å². The maximum Gasteiger partial charge on any atom is 0.260 e. The van der Waals surface area contributed by atoms with Crippen molar-refractivity contribution in [3.8, 4) is 0 Å². The number of hydrogen-bond acceptors (Lipinski definition) is 4. The lowest BCUT2D eigenvalue weighted by atomic mass is 10.1. The number of aromatic nitrogens is 1. The van der Waals surface area contributed by atoms with Crippen LogP contribution >= 0.6 is 11.3 Å². The molecule has 0 unspecified atom stereocenters. The number of rotatable bonds is 5. The monoisotopic (exact) mass is 414 g/mol. The van der Waals surface area contributed by atoms with Crippen LogP contribution in [0.2, 0.25) is 0 Å². The summed E-state index contributed by atoms with van der Waals surface area (Å²) in [6.45, 7) is 8.78. The van der Waals surface area contributed by atoms with Crippen molar-refractivity contribution in [3.63, 3.8) is 0 Å². The number of ether oxygens (including phenoxy) is 1. The van der Waals surface area contributed by atoms with Gasteiger partial charge in [-0.15, -0.1) is 0 Å². The number of aryl methyl sites for hydroxylation is 2. The summed E-state index contributed by atoms with van der Waals surface area (Å²) in [5.74, 6) is -0.629. The third kappa shape index (κ3) is 4.47. The van der Waals surface area contributed by atoms with Gasteiger partial charge in [-0.05, 0) is 49.2 Å². The van der Waals surface area contributed by atoms with E-state index >= 15 is 0 Å². The highest BCUT2D eigenvalue weighted by Gasteiger charge is 2.24. The minimum Gasteiger partial charge on any atom is -0.370 e. The molecule has 1 fully saturated rings. The van der Waals surface area contributed by atoms with Crippen LogP contribution in [-0.4, -0.2) is 50.3 Å². The van der Waals surface area contributed by atoms with Crippen molar-refractivity contribution < 1.29 is 18.8 Å². The van der Waals surface area contributed by atoms with Gasteiger partial charge >= 0.3 is 0 Å². The van der Waals surface area contributed by atoms with Crippen LogP contribution in [0, 0.1) is 19.7 Å². The van der Waals surface area contributed by atoms with Gasteiger partial charge in [0.05, 0.1) is 36.5 Å². The van der Waals surface area contributed by atoms with Crippen LogP contribution in [0.25, 0.3) is 10.2 Å². The SMILES string of the molecule is Cc1cc(C)c2nc(N(CC[NH+]3CCOCC3)C(=O)c3cccc(F)c3)sc2c1. The summed E-state index contributed by atoms with van der Waals surface area (Å²) in [7, 11) is 0. The molecule has 1 saturated heterocycles. The second-order valence-electron chi connectivity index (χ2n) is 7.50. The summed E-state index contributed by atoms with van der Waals surface area (Å²) in [4.78, 5) is 21.2. The molecule has 0 atom stereocenters. The topological polar surface area (TPSA) is 46.9 Å². The lowest BCUT2D eigenvalue weighted by Crippen LogP contribution is -3.14. The zero-order chi connectivity index (χ0) is 20.4. The quantitative estimate of drug-likeness (QED) is 0.698. The Kier molecular flexibility index (Phi) is 5.89. The minimum atomic E-state index is -0.412. The first-order valence-electron chi connectivity index (χ1n) is 9.88. The molecule has 1 amide bonds. The van der Waals surface area contributed by atoms with Crippen LogP contribution in [-0.2, 0) is 4.74 Å². The third-order valence-corrected chi connectivity index (χ3v) is 6.28. The van der Waals surface area contributed by atoms with Gasteiger partial charge in [-0.2, -0.15) is 0 Å². The van der Waals surface area contributed by atoms with Crippen molar-refractivity contribution in [2.45, 2.75) is 13.8 Å². The van der Waals surface area contributed by atoms with Crippen molar-refractivity contribution in [2.24, 2.45) is 0 Å². The number of benzene rings is 2. The molecule has 0 aliphatic carbocycles. The number of amides is 1. The van der Waals surface area contributed by atoms with Crippen LogP contribution in [0.1, 0.15) is 21.5 Å². The number of thiazole rings is 1.